The normalized spacial score (nSPS) is 12.1. The fourth-order valence-electron chi connectivity index (χ4n) is 2.68. The van der Waals surface area contributed by atoms with E-state index in [1.54, 1.807) is 6.07 Å². The van der Waals surface area contributed by atoms with Gasteiger partial charge in [0.25, 0.3) is 5.91 Å². The number of nitrogens with zero attached hydrogens (tertiary/aromatic N) is 3. The molecule has 25 heavy (non-hydrogen) atoms. The van der Waals surface area contributed by atoms with E-state index in [1.807, 2.05) is 23.1 Å². The molecule has 2 aromatic rings. The molecule has 0 bridgehead atoms. The maximum absolute atomic E-state index is 12.7. The van der Waals surface area contributed by atoms with Gasteiger partial charge >= 0.3 is 0 Å². The number of carbonyl (C=O) groups excluding carboxylic acids is 1. The number of carbonyl (C=O) groups is 1. The van der Waals surface area contributed by atoms with Crippen LogP contribution in [0.25, 0.3) is 0 Å². The summed E-state index contributed by atoms with van der Waals surface area (Å²) in [4.78, 5) is 22.8. The van der Waals surface area contributed by atoms with Gasteiger partial charge in [-0.05, 0) is 25.0 Å². The molecule has 7 nitrogen and oxygen atoms in total. The molecule has 3 rings (SSSR count). The van der Waals surface area contributed by atoms with E-state index in [0.29, 0.717) is 17.3 Å². The summed E-state index contributed by atoms with van der Waals surface area (Å²) >= 11 is 0. The number of amides is 1. The lowest BCUT2D eigenvalue weighted by Gasteiger charge is -2.21. The molecule has 1 aliphatic rings. The smallest absolute Gasteiger partial charge is 0.272 e. The van der Waals surface area contributed by atoms with Gasteiger partial charge in [-0.25, -0.2) is 9.97 Å². The van der Waals surface area contributed by atoms with Crippen molar-refractivity contribution in [2.24, 2.45) is 0 Å². The number of nitrogens with one attached hydrogen (secondary N) is 1. The first-order valence-corrected chi connectivity index (χ1v) is 8.49. The number of hydrogen-bond acceptors (Lipinski definition) is 6. The van der Waals surface area contributed by atoms with Crippen molar-refractivity contribution in [1.82, 2.24) is 14.9 Å². The van der Waals surface area contributed by atoms with E-state index in [-0.39, 0.29) is 12.7 Å². The summed E-state index contributed by atoms with van der Waals surface area (Å²) in [5, 5.41) is 3.17. The fourth-order valence-corrected chi connectivity index (χ4v) is 2.68. The van der Waals surface area contributed by atoms with Gasteiger partial charge in [-0.1, -0.05) is 13.8 Å². The predicted molar refractivity (Wildman–Crippen MR) is 94.4 cm³/mol. The maximum Gasteiger partial charge on any atom is 0.272 e. The molecule has 1 N–H and O–H groups in total. The highest BCUT2D eigenvalue weighted by molar-refractivity contribution is 5.93. The molecule has 7 heteroatoms. The summed E-state index contributed by atoms with van der Waals surface area (Å²) in [5.41, 5.74) is 1.19. The van der Waals surface area contributed by atoms with Crippen molar-refractivity contribution in [3.8, 4) is 11.5 Å². The van der Waals surface area contributed by atoms with Gasteiger partial charge in [-0.3, -0.25) is 4.79 Å². The van der Waals surface area contributed by atoms with Crippen molar-refractivity contribution in [2.45, 2.75) is 26.7 Å². The second-order valence-electron chi connectivity index (χ2n) is 5.77. The number of ether oxygens (including phenoxy) is 2. The van der Waals surface area contributed by atoms with Crippen molar-refractivity contribution in [1.29, 1.82) is 0 Å². The second-order valence-corrected chi connectivity index (χ2v) is 5.77. The Morgan fingerprint density at radius 3 is 2.64 bits per heavy atom. The quantitative estimate of drug-likeness (QED) is 0.832. The Morgan fingerprint density at radius 1 is 1.12 bits per heavy atom. The zero-order valence-electron chi connectivity index (χ0n) is 14.5. The van der Waals surface area contributed by atoms with Gasteiger partial charge < -0.3 is 19.7 Å². The van der Waals surface area contributed by atoms with Crippen LogP contribution in [0.4, 0.5) is 11.5 Å². The van der Waals surface area contributed by atoms with Gasteiger partial charge in [0, 0.05) is 30.9 Å². The monoisotopic (exact) mass is 342 g/mol. The summed E-state index contributed by atoms with van der Waals surface area (Å²) in [6.07, 6.45) is 3.23. The highest BCUT2D eigenvalue weighted by Gasteiger charge is 2.17. The van der Waals surface area contributed by atoms with Crippen LogP contribution in [0, 0.1) is 0 Å². The summed E-state index contributed by atoms with van der Waals surface area (Å²) in [7, 11) is 0. The zero-order valence-corrected chi connectivity index (χ0v) is 14.5. The minimum Gasteiger partial charge on any atom is -0.454 e. The Balaban J connectivity index is 1.75. The van der Waals surface area contributed by atoms with Crippen LogP contribution < -0.4 is 14.8 Å². The Morgan fingerprint density at radius 2 is 1.88 bits per heavy atom. The molecule has 0 saturated heterocycles. The molecule has 0 saturated carbocycles. The molecule has 1 aliphatic heterocycles. The Bertz CT molecular complexity index is 745. The van der Waals surface area contributed by atoms with Crippen LogP contribution in [0.3, 0.4) is 0 Å². The topological polar surface area (TPSA) is 76.6 Å². The van der Waals surface area contributed by atoms with E-state index < -0.39 is 0 Å². The van der Waals surface area contributed by atoms with Gasteiger partial charge in [0.05, 0.1) is 0 Å². The molecule has 0 atom stereocenters. The average Bonchev–Trinajstić information content (AvgIpc) is 3.09. The highest BCUT2D eigenvalue weighted by atomic mass is 16.7. The van der Waals surface area contributed by atoms with E-state index in [9.17, 15) is 4.79 Å². The van der Waals surface area contributed by atoms with Gasteiger partial charge in [0.15, 0.2) is 11.5 Å². The first kappa shape index (κ1) is 17.0. The molecule has 0 aliphatic carbocycles. The first-order chi connectivity index (χ1) is 12.2. The average molecular weight is 342 g/mol. The van der Waals surface area contributed by atoms with E-state index in [1.165, 1.54) is 6.33 Å². The summed E-state index contributed by atoms with van der Waals surface area (Å²) < 4.78 is 10.7. The maximum atomic E-state index is 12.7. The van der Waals surface area contributed by atoms with E-state index >= 15 is 0 Å². The van der Waals surface area contributed by atoms with E-state index in [0.717, 1.165) is 37.4 Å². The number of rotatable bonds is 7. The number of anilines is 2. The molecule has 2 heterocycles. The van der Waals surface area contributed by atoms with Crippen molar-refractivity contribution >= 4 is 17.4 Å². The number of hydrogen-bond donors (Lipinski definition) is 1. The van der Waals surface area contributed by atoms with E-state index in [2.05, 4.69) is 29.1 Å². The second kappa shape index (κ2) is 7.83. The van der Waals surface area contributed by atoms with Gasteiger partial charge in [0.1, 0.15) is 17.8 Å². The van der Waals surface area contributed by atoms with Gasteiger partial charge in [0.2, 0.25) is 6.79 Å². The van der Waals surface area contributed by atoms with Crippen LogP contribution in [-0.4, -0.2) is 40.7 Å². The lowest BCUT2D eigenvalue weighted by atomic mass is 10.2. The Kier molecular flexibility index (Phi) is 5.33. The third-order valence-electron chi connectivity index (χ3n) is 3.81. The molecule has 1 aromatic heterocycles. The van der Waals surface area contributed by atoms with Crippen LogP contribution >= 0.6 is 0 Å². The number of fused-ring (bicyclic) bond motifs is 1. The molecular weight excluding hydrogens is 320 g/mol. The number of benzene rings is 1. The van der Waals surface area contributed by atoms with Crippen molar-refractivity contribution in [2.75, 3.05) is 25.2 Å². The van der Waals surface area contributed by atoms with Crippen molar-refractivity contribution in [3.05, 3.63) is 36.3 Å². The highest BCUT2D eigenvalue weighted by Crippen LogP contribution is 2.34. The molecule has 0 fully saturated rings. The first-order valence-electron chi connectivity index (χ1n) is 8.49. The summed E-state index contributed by atoms with van der Waals surface area (Å²) in [6.45, 7) is 5.80. The lowest BCUT2D eigenvalue weighted by Crippen LogP contribution is -2.33. The molecule has 1 amide bonds. The molecule has 0 radical (unpaired) electrons. The van der Waals surface area contributed by atoms with Crippen molar-refractivity contribution < 1.29 is 14.3 Å². The molecule has 0 unspecified atom stereocenters. The SMILES string of the molecule is CCCN(CCC)C(=O)c1cc(Nc2ccc3c(c2)OCO3)ncn1. The van der Waals surface area contributed by atoms with Crippen LogP contribution in [0.2, 0.25) is 0 Å². The molecule has 132 valence electrons. The minimum atomic E-state index is -0.0696. The zero-order chi connectivity index (χ0) is 17.6. The van der Waals surface area contributed by atoms with Crippen LogP contribution in [-0.2, 0) is 0 Å². The predicted octanol–water partition coefficient (Wildman–Crippen LogP) is 3.21. The molecular formula is C18H22N4O3. The van der Waals surface area contributed by atoms with Gasteiger partial charge in [-0.15, -0.1) is 0 Å². The van der Waals surface area contributed by atoms with Crippen LogP contribution in [0.15, 0.2) is 30.6 Å². The van der Waals surface area contributed by atoms with Gasteiger partial charge in [-0.2, -0.15) is 0 Å². The third kappa shape index (κ3) is 3.99. The lowest BCUT2D eigenvalue weighted by molar-refractivity contribution is 0.0749. The largest absolute Gasteiger partial charge is 0.454 e. The Hall–Kier alpha value is -2.83. The van der Waals surface area contributed by atoms with Crippen LogP contribution in [0.5, 0.6) is 11.5 Å². The minimum absolute atomic E-state index is 0.0696. The summed E-state index contributed by atoms with van der Waals surface area (Å²) in [6, 6.07) is 7.22. The van der Waals surface area contributed by atoms with Crippen molar-refractivity contribution in [3.63, 3.8) is 0 Å². The summed E-state index contributed by atoms with van der Waals surface area (Å²) in [5.74, 6) is 1.90. The Labute approximate surface area is 147 Å². The molecule has 0 spiro atoms. The number of aromatic nitrogens is 2. The van der Waals surface area contributed by atoms with Crippen LogP contribution in [0.1, 0.15) is 37.2 Å². The standard InChI is InChI=1S/C18H22N4O3/c1-3-7-22(8-4-2)18(23)14-10-17(20-11-19-14)21-13-5-6-15-16(9-13)25-12-24-15/h5-6,9-11H,3-4,7-8,12H2,1-2H3,(H,19,20,21). The van der Waals surface area contributed by atoms with E-state index in [4.69, 9.17) is 9.47 Å². The fraction of sp³-hybridized carbons (Fsp3) is 0.389. The molecule has 1 aromatic carbocycles. The third-order valence-corrected chi connectivity index (χ3v) is 3.81.